The second-order valence-corrected chi connectivity index (χ2v) is 7.37. The first kappa shape index (κ1) is 13.2. The zero-order valence-corrected chi connectivity index (χ0v) is 13.1. The summed E-state index contributed by atoms with van der Waals surface area (Å²) in [6.45, 7) is 14.6. The van der Waals surface area contributed by atoms with Crippen molar-refractivity contribution < 1.29 is 10.7 Å². The first-order valence-electron chi connectivity index (χ1n) is 7.41. The summed E-state index contributed by atoms with van der Waals surface area (Å²) < 4.78 is 20.3. The van der Waals surface area contributed by atoms with Crippen molar-refractivity contribution in [3.05, 3.63) is 29.8 Å². The normalized spacial score (nSPS) is 22.5. The van der Waals surface area contributed by atoms with E-state index in [1.807, 2.05) is 39.8 Å². The maximum Gasteiger partial charge on any atom is 0.494 e. The van der Waals surface area contributed by atoms with Gasteiger partial charge in [-0.2, -0.15) is 0 Å². The van der Waals surface area contributed by atoms with Crippen LogP contribution in [0.15, 0.2) is 24.2 Å². The van der Waals surface area contributed by atoms with Gasteiger partial charge in [-0.1, -0.05) is 45.0 Å². The van der Waals surface area contributed by atoms with E-state index in [4.69, 9.17) is 10.7 Å². The third kappa shape index (κ3) is 2.73. The van der Waals surface area contributed by atoms with Crippen molar-refractivity contribution in [1.29, 1.82) is 0 Å². The molecule has 2 rings (SSSR count). The van der Waals surface area contributed by atoms with Gasteiger partial charge in [0.15, 0.2) is 0 Å². The predicted octanol–water partition coefficient (Wildman–Crippen LogP) is 3.28. The van der Waals surface area contributed by atoms with E-state index in [0.29, 0.717) is 6.04 Å². The molecule has 19 heavy (non-hydrogen) atoms. The molecule has 1 heterocycles. The summed E-state index contributed by atoms with van der Waals surface area (Å²) in [6, 6.07) is 6.43. The molecular weight excluding hydrogens is 235 g/mol. The van der Waals surface area contributed by atoms with Gasteiger partial charge in [-0.05, 0) is 44.1 Å². The zero-order chi connectivity index (χ0) is 15.3. The molecule has 1 aliphatic heterocycles. The summed E-state index contributed by atoms with van der Waals surface area (Å²) in [5.41, 5.74) is 1.27. The minimum atomic E-state index is -0.457. The Morgan fingerprint density at radius 3 is 1.95 bits per heavy atom. The minimum absolute atomic E-state index is 0.0459. The van der Waals surface area contributed by atoms with Crippen LogP contribution in [-0.2, 0) is 14.7 Å². The van der Waals surface area contributed by atoms with Crippen molar-refractivity contribution in [2.45, 2.75) is 65.1 Å². The largest absolute Gasteiger partial charge is 0.494 e. The number of benzene rings is 1. The van der Waals surface area contributed by atoms with Gasteiger partial charge >= 0.3 is 7.12 Å². The van der Waals surface area contributed by atoms with Crippen LogP contribution in [0.2, 0.25) is 0 Å². The molecule has 1 aromatic rings. The Balaban J connectivity index is 2.33. The zero-order valence-electron chi connectivity index (χ0n) is 14.1. The lowest BCUT2D eigenvalue weighted by atomic mass is 9.77. The molecule has 0 unspecified atom stereocenters. The highest BCUT2D eigenvalue weighted by atomic mass is 16.7. The molecule has 1 aliphatic rings. The number of hydrogen-bond donors (Lipinski definition) is 0. The third-order valence-corrected chi connectivity index (χ3v) is 4.21. The van der Waals surface area contributed by atoms with E-state index >= 15 is 0 Å². The molecule has 0 amide bonds. The molecule has 1 aromatic carbocycles. The average Bonchev–Trinajstić information content (AvgIpc) is 2.46. The van der Waals surface area contributed by atoms with Crippen molar-refractivity contribution >= 4 is 12.6 Å². The highest BCUT2D eigenvalue weighted by Gasteiger charge is 2.51. The standard InChI is InChI=1S/C16H25BO2/c1-14(2,3)12-8-10-13(11-9-12)17-18-15(4,5)16(6,7)19-17/h8-11H,1-7H3/i10D. The monoisotopic (exact) mass is 261 g/mol. The van der Waals surface area contributed by atoms with Crippen LogP contribution < -0.4 is 5.46 Å². The number of hydrogen-bond acceptors (Lipinski definition) is 2. The fourth-order valence-electron chi connectivity index (χ4n) is 2.02. The molecule has 0 bridgehead atoms. The number of rotatable bonds is 1. The molecule has 0 atom stereocenters. The van der Waals surface area contributed by atoms with E-state index in [0.717, 1.165) is 11.0 Å². The Labute approximate surface area is 119 Å². The van der Waals surface area contributed by atoms with E-state index in [2.05, 4.69) is 26.8 Å². The van der Waals surface area contributed by atoms with Crippen LogP contribution in [0.25, 0.3) is 0 Å². The Hall–Kier alpha value is -0.795. The van der Waals surface area contributed by atoms with Gasteiger partial charge in [0.2, 0.25) is 0 Å². The van der Waals surface area contributed by atoms with E-state index in [-0.39, 0.29) is 16.6 Å². The highest BCUT2D eigenvalue weighted by molar-refractivity contribution is 6.62. The van der Waals surface area contributed by atoms with Crippen LogP contribution >= 0.6 is 0 Å². The topological polar surface area (TPSA) is 18.5 Å². The molecule has 3 heteroatoms. The highest BCUT2D eigenvalue weighted by Crippen LogP contribution is 2.36. The van der Waals surface area contributed by atoms with E-state index in [1.165, 1.54) is 0 Å². The van der Waals surface area contributed by atoms with Crippen molar-refractivity contribution in [2.24, 2.45) is 0 Å². The van der Waals surface area contributed by atoms with Crippen LogP contribution in [0.1, 0.15) is 55.4 Å². The fourth-order valence-corrected chi connectivity index (χ4v) is 2.02. The van der Waals surface area contributed by atoms with Crippen molar-refractivity contribution in [3.8, 4) is 0 Å². The van der Waals surface area contributed by atoms with Gasteiger partial charge < -0.3 is 9.31 Å². The molecule has 0 aromatic heterocycles. The van der Waals surface area contributed by atoms with Gasteiger partial charge in [0.25, 0.3) is 0 Å². The van der Waals surface area contributed by atoms with Crippen LogP contribution in [0.5, 0.6) is 0 Å². The van der Waals surface area contributed by atoms with Gasteiger partial charge in [0.05, 0.1) is 12.6 Å². The Bertz CT molecular complexity index is 502. The Kier molecular flexibility index (Phi) is 3.03. The van der Waals surface area contributed by atoms with Crippen LogP contribution in [0, 0.1) is 0 Å². The SMILES string of the molecule is [2H]c1cc(C(C)(C)C)ccc1B1OC(C)(C)C(C)(C)O1. The van der Waals surface area contributed by atoms with E-state index in [9.17, 15) is 0 Å². The molecule has 0 aliphatic carbocycles. The maximum atomic E-state index is 8.26. The quantitative estimate of drug-likeness (QED) is 0.722. The molecule has 0 N–H and O–H groups in total. The third-order valence-electron chi connectivity index (χ3n) is 4.21. The van der Waals surface area contributed by atoms with Gasteiger partial charge in [0, 0.05) is 0 Å². The molecule has 1 saturated heterocycles. The first-order valence-corrected chi connectivity index (χ1v) is 6.91. The lowest BCUT2D eigenvalue weighted by Crippen LogP contribution is -2.41. The summed E-state index contributed by atoms with van der Waals surface area (Å²) in [7, 11) is -0.457. The maximum absolute atomic E-state index is 8.26. The Morgan fingerprint density at radius 1 is 1.00 bits per heavy atom. The van der Waals surface area contributed by atoms with Crippen molar-refractivity contribution in [3.63, 3.8) is 0 Å². The molecule has 0 saturated carbocycles. The average molecular weight is 261 g/mol. The first-order chi connectivity index (χ1) is 8.94. The molecule has 104 valence electrons. The van der Waals surface area contributed by atoms with Gasteiger partial charge in [-0.15, -0.1) is 0 Å². The minimum Gasteiger partial charge on any atom is -0.399 e. The molecule has 0 radical (unpaired) electrons. The summed E-state index contributed by atoms with van der Waals surface area (Å²) in [4.78, 5) is 0. The predicted molar refractivity (Wildman–Crippen MR) is 80.9 cm³/mol. The lowest BCUT2D eigenvalue weighted by Gasteiger charge is -2.32. The van der Waals surface area contributed by atoms with E-state index < -0.39 is 7.12 Å². The van der Waals surface area contributed by atoms with Gasteiger partial charge in [-0.25, -0.2) is 0 Å². The molecule has 1 fully saturated rings. The van der Waals surface area contributed by atoms with E-state index in [1.54, 1.807) is 0 Å². The molecular formula is C16H25BO2. The molecule has 2 nitrogen and oxygen atoms in total. The van der Waals surface area contributed by atoms with Gasteiger partial charge in [-0.3, -0.25) is 0 Å². The second-order valence-electron chi connectivity index (χ2n) is 7.37. The van der Waals surface area contributed by atoms with Crippen LogP contribution in [-0.4, -0.2) is 18.3 Å². The summed E-state index contributed by atoms with van der Waals surface area (Å²) >= 11 is 0. The Morgan fingerprint density at radius 2 is 1.53 bits per heavy atom. The second kappa shape index (κ2) is 4.36. The summed E-state index contributed by atoms with van der Waals surface area (Å²) in [5.74, 6) is 0. The van der Waals surface area contributed by atoms with Gasteiger partial charge in [0.1, 0.15) is 0 Å². The fraction of sp³-hybridized carbons (Fsp3) is 0.625. The summed E-state index contributed by atoms with van der Waals surface area (Å²) in [5, 5.41) is 0. The molecule has 0 spiro atoms. The van der Waals surface area contributed by atoms with Crippen LogP contribution in [0.3, 0.4) is 0 Å². The smallest absolute Gasteiger partial charge is 0.399 e. The van der Waals surface area contributed by atoms with Crippen LogP contribution in [0.4, 0.5) is 0 Å². The lowest BCUT2D eigenvalue weighted by molar-refractivity contribution is 0.00578. The van der Waals surface area contributed by atoms with Crippen molar-refractivity contribution in [1.82, 2.24) is 0 Å². The van der Waals surface area contributed by atoms with Crippen molar-refractivity contribution in [2.75, 3.05) is 0 Å². The summed E-state index contributed by atoms with van der Waals surface area (Å²) in [6.07, 6.45) is 0.